The lowest BCUT2D eigenvalue weighted by molar-refractivity contribution is -0.144. The summed E-state index contributed by atoms with van der Waals surface area (Å²) < 4.78 is 1.64. The van der Waals surface area contributed by atoms with E-state index in [1.54, 1.807) is 16.0 Å². The third kappa shape index (κ3) is 4.88. The molecule has 2 N–H and O–H groups in total. The number of rotatable bonds is 6. The fraction of sp³-hybridized carbons (Fsp3) is 0.708. The van der Waals surface area contributed by atoms with Crippen LogP contribution in [0.2, 0.25) is 0 Å². The van der Waals surface area contributed by atoms with Crippen molar-refractivity contribution in [3.8, 4) is 0 Å². The van der Waals surface area contributed by atoms with E-state index in [-0.39, 0.29) is 24.8 Å². The van der Waals surface area contributed by atoms with Gasteiger partial charge in [0.1, 0.15) is 17.1 Å². The van der Waals surface area contributed by atoms with Gasteiger partial charge in [-0.05, 0) is 46.0 Å². The predicted octanol–water partition coefficient (Wildman–Crippen LogP) is 2.83. The number of nitrogens with zero attached hydrogens (tertiary/aromatic N) is 5. The molecule has 0 bridgehead atoms. The van der Waals surface area contributed by atoms with Crippen molar-refractivity contribution in [3.05, 3.63) is 27.5 Å². The third-order valence-electron chi connectivity index (χ3n) is 6.71. The van der Waals surface area contributed by atoms with E-state index in [1.165, 1.54) is 4.90 Å². The van der Waals surface area contributed by atoms with Crippen LogP contribution in [0.15, 0.2) is 6.20 Å². The maximum absolute atomic E-state index is 13.9. The highest BCUT2D eigenvalue weighted by atomic mass is 32.1. The molecular formula is C24H36N6O3S. The number of likely N-dealkylation sites (tertiary alicyclic amines) is 1. The standard InChI is InChI=1S/C24H36N6O3S/c1-13-14(2)34-22(25-13)24(6,7)26-20(32)18-10-16(31)11-29(18)21(33)19(23(3,4)5)30-12-17(27-28-30)15-8-9-15/h12,15-16,18-19,31H,8-11H2,1-7H3,(H,26,32)/t16?,18?,19-/m1/s1. The fourth-order valence-corrected chi connectivity index (χ4v) is 5.48. The van der Waals surface area contributed by atoms with Gasteiger partial charge in [0.2, 0.25) is 11.8 Å². The van der Waals surface area contributed by atoms with Crippen LogP contribution in [-0.4, -0.2) is 60.5 Å². The highest BCUT2D eigenvalue weighted by molar-refractivity contribution is 7.11. The van der Waals surface area contributed by atoms with Crippen LogP contribution in [0.1, 0.15) is 87.1 Å². The first-order valence-corrected chi connectivity index (χ1v) is 12.8. The zero-order valence-corrected chi connectivity index (χ0v) is 21.9. The molecule has 0 aromatic carbocycles. The Bertz CT molecular complexity index is 1060. The number of aliphatic hydroxyl groups excluding tert-OH is 1. The molecule has 2 aliphatic rings. The van der Waals surface area contributed by atoms with Gasteiger partial charge in [-0.2, -0.15) is 0 Å². The van der Waals surface area contributed by atoms with E-state index in [1.807, 2.05) is 54.7 Å². The SMILES string of the molecule is Cc1nc(C(C)(C)NC(=O)C2CC(O)CN2C(=O)[C@@H](n2cc(C3CC3)nn2)C(C)(C)C)sc1C. The molecule has 186 valence electrons. The second-order valence-corrected chi connectivity index (χ2v) is 12.5. The Morgan fingerprint density at radius 2 is 1.88 bits per heavy atom. The average molecular weight is 489 g/mol. The molecule has 4 rings (SSSR count). The van der Waals surface area contributed by atoms with Crippen molar-refractivity contribution in [1.29, 1.82) is 0 Å². The Labute approximate surface area is 204 Å². The number of aromatic nitrogens is 4. The average Bonchev–Trinajstić information content (AvgIpc) is 3.16. The van der Waals surface area contributed by atoms with Crippen molar-refractivity contribution >= 4 is 23.2 Å². The van der Waals surface area contributed by atoms with Gasteiger partial charge in [-0.1, -0.05) is 26.0 Å². The lowest BCUT2D eigenvalue weighted by atomic mass is 9.85. The molecule has 10 heteroatoms. The summed E-state index contributed by atoms with van der Waals surface area (Å²) in [6, 6.07) is -1.40. The summed E-state index contributed by atoms with van der Waals surface area (Å²) in [6.07, 6.45) is 3.50. The van der Waals surface area contributed by atoms with Gasteiger partial charge in [-0.3, -0.25) is 9.59 Å². The molecule has 1 saturated heterocycles. The van der Waals surface area contributed by atoms with Gasteiger partial charge in [0.15, 0.2) is 0 Å². The maximum Gasteiger partial charge on any atom is 0.248 e. The Morgan fingerprint density at radius 3 is 2.44 bits per heavy atom. The monoisotopic (exact) mass is 488 g/mol. The van der Waals surface area contributed by atoms with E-state index < -0.39 is 29.1 Å². The molecule has 1 aliphatic heterocycles. The molecule has 1 aliphatic carbocycles. The molecular weight excluding hydrogens is 452 g/mol. The molecule has 34 heavy (non-hydrogen) atoms. The Morgan fingerprint density at radius 1 is 1.21 bits per heavy atom. The second kappa shape index (κ2) is 8.71. The van der Waals surface area contributed by atoms with Gasteiger partial charge in [-0.15, -0.1) is 16.4 Å². The van der Waals surface area contributed by atoms with Gasteiger partial charge >= 0.3 is 0 Å². The molecule has 2 fully saturated rings. The van der Waals surface area contributed by atoms with Crippen molar-refractivity contribution in [2.24, 2.45) is 5.41 Å². The summed E-state index contributed by atoms with van der Waals surface area (Å²) in [7, 11) is 0. The van der Waals surface area contributed by atoms with Crippen molar-refractivity contribution in [2.45, 2.75) is 97.4 Å². The van der Waals surface area contributed by atoms with Crippen molar-refractivity contribution in [1.82, 2.24) is 30.2 Å². The van der Waals surface area contributed by atoms with Crippen LogP contribution in [0.5, 0.6) is 0 Å². The molecule has 2 unspecified atom stereocenters. The Kier molecular flexibility index (Phi) is 6.35. The second-order valence-electron chi connectivity index (χ2n) is 11.3. The van der Waals surface area contributed by atoms with Gasteiger partial charge in [-0.25, -0.2) is 9.67 Å². The Balaban J connectivity index is 1.57. The summed E-state index contributed by atoms with van der Waals surface area (Å²) in [6.45, 7) is 13.8. The zero-order chi connectivity index (χ0) is 25.0. The lowest BCUT2D eigenvalue weighted by Gasteiger charge is -2.35. The summed E-state index contributed by atoms with van der Waals surface area (Å²) in [5.74, 6) is -0.0857. The van der Waals surface area contributed by atoms with Crippen LogP contribution < -0.4 is 5.32 Å². The number of carbonyl (C=O) groups excluding carboxylic acids is 2. The van der Waals surface area contributed by atoms with E-state index in [0.29, 0.717) is 5.92 Å². The largest absolute Gasteiger partial charge is 0.391 e. The topological polar surface area (TPSA) is 113 Å². The number of aliphatic hydroxyl groups is 1. The highest BCUT2D eigenvalue weighted by Gasteiger charge is 2.46. The highest BCUT2D eigenvalue weighted by Crippen LogP contribution is 2.40. The minimum atomic E-state index is -0.764. The number of β-amino-alcohol motifs (C(OH)–C–C–N with tert-alkyl or cyclic N) is 1. The number of hydrogen-bond acceptors (Lipinski definition) is 7. The molecule has 3 atom stereocenters. The van der Waals surface area contributed by atoms with Gasteiger partial charge in [0, 0.05) is 30.0 Å². The molecule has 0 spiro atoms. The van der Waals surface area contributed by atoms with Crippen molar-refractivity contribution < 1.29 is 14.7 Å². The van der Waals surface area contributed by atoms with E-state index in [0.717, 1.165) is 34.1 Å². The third-order valence-corrected chi connectivity index (χ3v) is 8.10. The summed E-state index contributed by atoms with van der Waals surface area (Å²) >= 11 is 1.55. The number of hydrogen-bond donors (Lipinski definition) is 2. The summed E-state index contributed by atoms with van der Waals surface area (Å²) in [4.78, 5) is 34.5. The molecule has 2 aromatic rings. The van der Waals surface area contributed by atoms with Crippen LogP contribution in [0, 0.1) is 19.3 Å². The smallest absolute Gasteiger partial charge is 0.248 e. The van der Waals surface area contributed by atoms with Crippen LogP contribution in [0.25, 0.3) is 0 Å². The molecule has 0 radical (unpaired) electrons. The van der Waals surface area contributed by atoms with Crippen LogP contribution in [0.4, 0.5) is 0 Å². The first kappa shape index (κ1) is 24.8. The molecule has 3 heterocycles. The fourth-order valence-electron chi connectivity index (χ4n) is 4.51. The summed E-state index contributed by atoms with van der Waals surface area (Å²) in [5.41, 5.74) is 0.697. The van der Waals surface area contributed by atoms with Gasteiger partial charge in [0.25, 0.3) is 0 Å². The van der Waals surface area contributed by atoms with Crippen molar-refractivity contribution in [3.63, 3.8) is 0 Å². The minimum absolute atomic E-state index is 0.115. The van der Waals surface area contributed by atoms with E-state index in [2.05, 4.69) is 20.6 Å². The number of carbonyl (C=O) groups is 2. The minimum Gasteiger partial charge on any atom is -0.391 e. The normalized spacial score (nSPS) is 22.2. The molecule has 9 nitrogen and oxygen atoms in total. The quantitative estimate of drug-likeness (QED) is 0.646. The first-order chi connectivity index (χ1) is 15.8. The van der Waals surface area contributed by atoms with E-state index >= 15 is 0 Å². The summed E-state index contributed by atoms with van der Waals surface area (Å²) in [5, 5.41) is 22.9. The lowest BCUT2D eigenvalue weighted by Crippen LogP contribution is -2.53. The molecule has 1 saturated carbocycles. The van der Waals surface area contributed by atoms with E-state index in [4.69, 9.17) is 0 Å². The van der Waals surface area contributed by atoms with E-state index in [9.17, 15) is 14.7 Å². The number of aryl methyl sites for hydroxylation is 2. The first-order valence-electron chi connectivity index (χ1n) is 11.9. The van der Waals surface area contributed by atoms with Gasteiger partial charge < -0.3 is 15.3 Å². The zero-order valence-electron chi connectivity index (χ0n) is 21.1. The van der Waals surface area contributed by atoms with Crippen molar-refractivity contribution in [2.75, 3.05) is 6.54 Å². The van der Waals surface area contributed by atoms with Crippen LogP contribution in [-0.2, 0) is 15.1 Å². The van der Waals surface area contributed by atoms with Crippen LogP contribution >= 0.6 is 11.3 Å². The van der Waals surface area contributed by atoms with Gasteiger partial charge in [0.05, 0.1) is 23.0 Å². The maximum atomic E-state index is 13.9. The Hall–Kier alpha value is -2.33. The number of amides is 2. The molecule has 2 amide bonds. The van der Waals surface area contributed by atoms with Crippen LogP contribution in [0.3, 0.4) is 0 Å². The number of nitrogens with one attached hydrogen (secondary N) is 1. The molecule has 2 aromatic heterocycles. The number of thiazole rings is 1. The predicted molar refractivity (Wildman–Crippen MR) is 129 cm³/mol.